The molecule has 3 saturated heterocycles. The van der Waals surface area contributed by atoms with Gasteiger partial charge in [-0.25, -0.2) is 0 Å². The first-order chi connectivity index (χ1) is 19.3. The van der Waals surface area contributed by atoms with Gasteiger partial charge < -0.3 is 20.4 Å². The van der Waals surface area contributed by atoms with Crippen molar-refractivity contribution in [1.29, 1.82) is 0 Å². The van der Waals surface area contributed by atoms with Crippen molar-refractivity contribution in [2.45, 2.75) is 100 Å². The number of hydrogen-bond acceptors (Lipinski definition) is 5. The van der Waals surface area contributed by atoms with Gasteiger partial charge in [0.05, 0.1) is 0 Å². The van der Waals surface area contributed by atoms with Crippen molar-refractivity contribution in [3.8, 4) is 0 Å². The Morgan fingerprint density at radius 3 is 1.38 bits per heavy atom. The van der Waals surface area contributed by atoms with Crippen molar-refractivity contribution in [2.75, 3.05) is 65.4 Å². The van der Waals surface area contributed by atoms with Crippen LogP contribution < -0.4 is 10.6 Å². The van der Waals surface area contributed by atoms with Gasteiger partial charge in [-0.15, -0.1) is 0 Å². The number of thioether (sulfide) groups is 1. The molecule has 4 saturated carbocycles. The summed E-state index contributed by atoms with van der Waals surface area (Å²) in [6.45, 7) is 12.8. The molecule has 7 fully saturated rings. The molecule has 222 valence electrons. The van der Waals surface area contributed by atoms with Gasteiger partial charge in [-0.2, -0.15) is 11.8 Å². The molecule has 7 aliphatic rings. The molecule has 0 aromatic carbocycles. The summed E-state index contributed by atoms with van der Waals surface area (Å²) >= 11 is 2.50. The normalized spacial score (nSPS) is 46.5. The van der Waals surface area contributed by atoms with Crippen LogP contribution in [-0.4, -0.2) is 85.7 Å². The first kappa shape index (κ1) is 28.0. The number of nitrogens with one attached hydrogen (secondary N) is 2. The zero-order valence-electron chi connectivity index (χ0n) is 25.0. The van der Waals surface area contributed by atoms with Crippen molar-refractivity contribution in [3.63, 3.8) is 0 Å². The Kier molecular flexibility index (Phi) is 9.49. The maximum Gasteiger partial charge on any atom is 0.0107 e. The van der Waals surface area contributed by atoms with E-state index in [1.807, 2.05) is 0 Å². The highest BCUT2D eigenvalue weighted by Crippen LogP contribution is 2.59. The average molecular weight is 557 g/mol. The summed E-state index contributed by atoms with van der Waals surface area (Å²) in [5.41, 5.74) is 0. The van der Waals surface area contributed by atoms with E-state index in [-0.39, 0.29) is 0 Å². The molecule has 4 aliphatic carbocycles. The smallest absolute Gasteiger partial charge is 0.0107 e. The maximum absolute atomic E-state index is 3.55. The molecule has 7 rings (SSSR count). The van der Waals surface area contributed by atoms with Crippen LogP contribution in [0.3, 0.4) is 0 Å². The summed E-state index contributed by atoms with van der Waals surface area (Å²) < 4.78 is 0. The van der Waals surface area contributed by atoms with Gasteiger partial charge in [0.2, 0.25) is 0 Å². The number of hydrogen-bond donors (Lipinski definition) is 2. The summed E-state index contributed by atoms with van der Waals surface area (Å²) in [6, 6.07) is 0. The number of piperazine rings is 2. The summed E-state index contributed by atoms with van der Waals surface area (Å²) in [7, 11) is 0. The number of rotatable bonds is 6. The summed E-state index contributed by atoms with van der Waals surface area (Å²) in [5, 5.41) is 9.16. The van der Waals surface area contributed by atoms with Crippen LogP contribution >= 0.6 is 11.8 Å². The fourth-order valence-electron chi connectivity index (χ4n) is 11.1. The van der Waals surface area contributed by atoms with Gasteiger partial charge in [-0.05, 0) is 112 Å². The third-order valence-electron chi connectivity index (χ3n) is 13.1. The summed E-state index contributed by atoms with van der Waals surface area (Å²) in [4.78, 5) is 5.56. The molecule has 10 atom stereocenters. The van der Waals surface area contributed by atoms with E-state index < -0.39 is 0 Å². The Morgan fingerprint density at radius 1 is 0.487 bits per heavy atom. The largest absolute Gasteiger partial charge is 0.314 e. The van der Waals surface area contributed by atoms with Crippen molar-refractivity contribution in [3.05, 3.63) is 0 Å². The monoisotopic (exact) mass is 556 g/mol. The molecule has 3 aliphatic heterocycles. The van der Waals surface area contributed by atoms with Crippen LogP contribution in [0.15, 0.2) is 0 Å². The fraction of sp³-hybridized carbons (Fsp3) is 1.00. The fourth-order valence-corrected chi connectivity index (χ4v) is 13.1. The van der Waals surface area contributed by atoms with Gasteiger partial charge in [-0.1, -0.05) is 25.7 Å². The van der Waals surface area contributed by atoms with Gasteiger partial charge in [0, 0.05) is 75.9 Å². The van der Waals surface area contributed by atoms with Crippen molar-refractivity contribution < 1.29 is 0 Å². The molecule has 39 heavy (non-hydrogen) atoms. The van der Waals surface area contributed by atoms with Crippen LogP contribution in [0.2, 0.25) is 0 Å². The third kappa shape index (κ3) is 6.73. The van der Waals surface area contributed by atoms with E-state index in [9.17, 15) is 0 Å². The molecule has 5 heteroatoms. The van der Waals surface area contributed by atoms with Crippen molar-refractivity contribution in [1.82, 2.24) is 20.4 Å². The Balaban J connectivity index is 0.930. The predicted molar refractivity (Wildman–Crippen MR) is 166 cm³/mol. The van der Waals surface area contributed by atoms with E-state index in [0.29, 0.717) is 0 Å². The van der Waals surface area contributed by atoms with E-state index in [1.54, 1.807) is 64.2 Å². The minimum atomic E-state index is 0.991. The lowest BCUT2D eigenvalue weighted by Gasteiger charge is -2.44. The van der Waals surface area contributed by atoms with Gasteiger partial charge in [0.25, 0.3) is 0 Å². The lowest BCUT2D eigenvalue weighted by Crippen LogP contribution is -2.46. The molecule has 4 nitrogen and oxygen atoms in total. The zero-order chi connectivity index (χ0) is 26.0. The lowest BCUT2D eigenvalue weighted by molar-refractivity contribution is 0.0706. The quantitative estimate of drug-likeness (QED) is 0.437. The Bertz CT molecular complexity index is 704. The maximum atomic E-state index is 3.55. The van der Waals surface area contributed by atoms with Gasteiger partial charge in [0.15, 0.2) is 0 Å². The molecule has 0 radical (unpaired) electrons. The first-order valence-electron chi connectivity index (χ1n) is 17.8. The average Bonchev–Trinajstić information content (AvgIpc) is 3.36. The summed E-state index contributed by atoms with van der Waals surface area (Å²) in [6.07, 6.45) is 21.8. The van der Waals surface area contributed by atoms with E-state index in [4.69, 9.17) is 0 Å². The highest BCUT2D eigenvalue weighted by atomic mass is 32.2. The highest BCUT2D eigenvalue weighted by molar-refractivity contribution is 8.00. The van der Waals surface area contributed by atoms with Gasteiger partial charge in [-0.3, -0.25) is 0 Å². The molecule has 0 aromatic heterocycles. The lowest BCUT2D eigenvalue weighted by atomic mass is 9.61. The zero-order valence-corrected chi connectivity index (χ0v) is 25.9. The van der Waals surface area contributed by atoms with Gasteiger partial charge >= 0.3 is 0 Å². The second-order valence-corrected chi connectivity index (χ2v) is 16.9. The Hall–Kier alpha value is 0.190. The van der Waals surface area contributed by atoms with Crippen LogP contribution in [0.25, 0.3) is 0 Å². The van der Waals surface area contributed by atoms with Crippen LogP contribution in [0, 0.1) is 47.3 Å². The standard InChI is InChI=1S/C34H60N4S/c1-3-25(23-37-15-11-35-12-16-37)19-27(5-1)29-7-9-33-31(21-29)32-22-30(8-10-34(32)39-33)28-6-2-4-26(20-28)24-38-17-13-36-14-18-38/h25-36H,1-24H2. The second kappa shape index (κ2) is 13.2. The molecule has 10 unspecified atom stereocenters. The van der Waals surface area contributed by atoms with Crippen LogP contribution in [-0.2, 0) is 0 Å². The molecule has 0 spiro atoms. The second-order valence-electron chi connectivity index (χ2n) is 15.4. The Morgan fingerprint density at radius 2 is 0.923 bits per heavy atom. The SMILES string of the molecule is C1CC(CN2CCNCC2)CC(C2CCC3SC4CCC(C5CCCC(CN6CCNCC6)C5)CC4C3C2)C1. The third-order valence-corrected chi connectivity index (χ3v) is 15.0. The molecule has 0 amide bonds. The molecular formula is C34H60N4S. The number of nitrogens with zero attached hydrogens (tertiary/aromatic N) is 2. The minimum Gasteiger partial charge on any atom is -0.314 e. The molecule has 3 heterocycles. The Labute approximate surface area is 244 Å². The number of fused-ring (bicyclic) bond motifs is 3. The molecule has 2 N–H and O–H groups in total. The molecule has 0 aromatic rings. The molecule has 0 bridgehead atoms. The predicted octanol–water partition coefficient (Wildman–Crippen LogP) is 5.73. The van der Waals surface area contributed by atoms with Crippen molar-refractivity contribution >= 4 is 11.8 Å². The highest BCUT2D eigenvalue weighted by Gasteiger charge is 2.50. The topological polar surface area (TPSA) is 30.5 Å². The van der Waals surface area contributed by atoms with E-state index in [1.165, 1.54) is 91.1 Å². The first-order valence-corrected chi connectivity index (χ1v) is 18.7. The van der Waals surface area contributed by atoms with Crippen LogP contribution in [0.5, 0.6) is 0 Å². The van der Waals surface area contributed by atoms with E-state index in [0.717, 1.165) is 57.8 Å². The minimum absolute atomic E-state index is 0.991. The van der Waals surface area contributed by atoms with Gasteiger partial charge in [0.1, 0.15) is 0 Å². The van der Waals surface area contributed by atoms with Crippen molar-refractivity contribution in [2.24, 2.45) is 47.3 Å². The van der Waals surface area contributed by atoms with Crippen LogP contribution in [0.1, 0.15) is 89.9 Å². The van der Waals surface area contributed by atoms with E-state index >= 15 is 0 Å². The van der Waals surface area contributed by atoms with Crippen LogP contribution in [0.4, 0.5) is 0 Å². The molecular weight excluding hydrogens is 496 g/mol. The van der Waals surface area contributed by atoms with E-state index in [2.05, 4.69) is 32.2 Å². The summed E-state index contributed by atoms with van der Waals surface area (Å²) in [5.74, 6) is 8.38.